The number of amides is 1. The Morgan fingerprint density at radius 3 is 2.64 bits per heavy atom. The molecule has 22 heavy (non-hydrogen) atoms. The Morgan fingerprint density at radius 1 is 1.18 bits per heavy atom. The van der Waals surface area contributed by atoms with Gasteiger partial charge < -0.3 is 14.9 Å². The van der Waals surface area contributed by atoms with E-state index in [1.54, 1.807) is 0 Å². The van der Waals surface area contributed by atoms with Crippen LogP contribution in [0.2, 0.25) is 0 Å². The summed E-state index contributed by atoms with van der Waals surface area (Å²) in [6, 6.07) is 8.19. The number of carbonyl (C=O) groups excluding carboxylic acids is 1. The second-order valence-electron chi connectivity index (χ2n) is 6.30. The van der Waals surface area contributed by atoms with E-state index in [1.807, 2.05) is 17.0 Å². The molecule has 1 unspecified atom stereocenters. The Balaban J connectivity index is 1.66. The van der Waals surface area contributed by atoms with Gasteiger partial charge in [-0.3, -0.25) is 9.69 Å². The lowest BCUT2D eigenvalue weighted by atomic mass is 9.93. The second-order valence-corrected chi connectivity index (χ2v) is 6.30. The molecule has 120 valence electrons. The molecule has 5 nitrogen and oxygen atoms in total. The molecule has 2 aliphatic heterocycles. The van der Waals surface area contributed by atoms with Crippen LogP contribution in [0.15, 0.2) is 24.3 Å². The van der Waals surface area contributed by atoms with Crippen molar-refractivity contribution in [2.24, 2.45) is 0 Å². The number of benzene rings is 1. The predicted octanol–water partition coefficient (Wildman–Crippen LogP) is 0.352. The molecule has 1 atom stereocenters. The standard InChI is InChI=1S/C17H25N3O2/c1-18-8-10-19(11-9-18)17(22)12-20-7-6-14-4-2-3-5-15(14)16(20)13-21/h2-5,16,21H,6-13H2,1H3. The fourth-order valence-electron chi connectivity index (χ4n) is 3.44. The van der Waals surface area contributed by atoms with E-state index in [9.17, 15) is 9.90 Å². The summed E-state index contributed by atoms with van der Waals surface area (Å²) >= 11 is 0. The zero-order chi connectivity index (χ0) is 15.5. The molecular weight excluding hydrogens is 278 g/mol. The second kappa shape index (κ2) is 6.77. The minimum atomic E-state index is -0.0543. The maximum Gasteiger partial charge on any atom is 0.236 e. The van der Waals surface area contributed by atoms with Gasteiger partial charge in [-0.25, -0.2) is 0 Å². The molecule has 2 aliphatic rings. The van der Waals surface area contributed by atoms with Crippen LogP contribution < -0.4 is 0 Å². The monoisotopic (exact) mass is 303 g/mol. The van der Waals surface area contributed by atoms with Crippen LogP contribution in [0.4, 0.5) is 0 Å². The summed E-state index contributed by atoms with van der Waals surface area (Å²) in [6.07, 6.45) is 0.947. The van der Waals surface area contributed by atoms with E-state index in [-0.39, 0.29) is 18.6 Å². The third-order valence-corrected chi connectivity index (χ3v) is 4.89. The summed E-state index contributed by atoms with van der Waals surface area (Å²) in [7, 11) is 2.09. The topological polar surface area (TPSA) is 47.0 Å². The minimum absolute atomic E-state index is 0.0543. The van der Waals surface area contributed by atoms with E-state index in [2.05, 4.69) is 29.0 Å². The van der Waals surface area contributed by atoms with Gasteiger partial charge in [0.15, 0.2) is 0 Å². The number of fused-ring (bicyclic) bond motifs is 1. The molecule has 1 amide bonds. The van der Waals surface area contributed by atoms with Crippen molar-refractivity contribution in [3.8, 4) is 0 Å². The van der Waals surface area contributed by atoms with Gasteiger partial charge in [-0.15, -0.1) is 0 Å². The van der Waals surface area contributed by atoms with Crippen LogP contribution in [0.1, 0.15) is 17.2 Å². The van der Waals surface area contributed by atoms with E-state index in [1.165, 1.54) is 11.1 Å². The first-order chi connectivity index (χ1) is 10.7. The smallest absolute Gasteiger partial charge is 0.236 e. The number of likely N-dealkylation sites (N-methyl/N-ethyl adjacent to an activating group) is 1. The van der Waals surface area contributed by atoms with Crippen molar-refractivity contribution in [1.82, 2.24) is 14.7 Å². The molecule has 3 rings (SSSR count). The first kappa shape index (κ1) is 15.5. The third-order valence-electron chi connectivity index (χ3n) is 4.89. The highest BCUT2D eigenvalue weighted by atomic mass is 16.3. The van der Waals surface area contributed by atoms with Crippen molar-refractivity contribution in [2.45, 2.75) is 12.5 Å². The molecule has 0 bridgehead atoms. The average molecular weight is 303 g/mol. The van der Waals surface area contributed by atoms with Crippen molar-refractivity contribution in [3.63, 3.8) is 0 Å². The Hall–Kier alpha value is -1.43. The quantitative estimate of drug-likeness (QED) is 0.875. The van der Waals surface area contributed by atoms with Gasteiger partial charge in [0.1, 0.15) is 0 Å². The number of aliphatic hydroxyl groups is 1. The predicted molar refractivity (Wildman–Crippen MR) is 85.6 cm³/mol. The van der Waals surface area contributed by atoms with Gasteiger partial charge in [0.25, 0.3) is 0 Å². The Labute approximate surface area is 132 Å². The summed E-state index contributed by atoms with van der Waals surface area (Å²) in [5, 5.41) is 9.79. The van der Waals surface area contributed by atoms with Gasteiger partial charge in [-0.05, 0) is 24.6 Å². The van der Waals surface area contributed by atoms with Crippen LogP contribution in [0.3, 0.4) is 0 Å². The lowest BCUT2D eigenvalue weighted by Gasteiger charge is -2.38. The Bertz CT molecular complexity index is 526. The molecule has 0 spiro atoms. The van der Waals surface area contributed by atoms with Crippen molar-refractivity contribution in [2.75, 3.05) is 52.9 Å². The summed E-state index contributed by atoms with van der Waals surface area (Å²) in [6.45, 7) is 4.81. The molecule has 1 fully saturated rings. The summed E-state index contributed by atoms with van der Waals surface area (Å²) in [4.78, 5) is 18.9. The van der Waals surface area contributed by atoms with Gasteiger partial charge in [-0.1, -0.05) is 24.3 Å². The molecule has 0 saturated carbocycles. The maximum atomic E-state index is 12.5. The van der Waals surface area contributed by atoms with E-state index in [0.717, 1.165) is 39.1 Å². The van der Waals surface area contributed by atoms with Crippen LogP contribution in [0, 0.1) is 0 Å². The minimum Gasteiger partial charge on any atom is -0.394 e. The zero-order valence-corrected chi connectivity index (χ0v) is 13.2. The number of rotatable bonds is 3. The number of nitrogens with zero attached hydrogens (tertiary/aromatic N) is 3. The van der Waals surface area contributed by atoms with Gasteiger partial charge >= 0.3 is 0 Å². The van der Waals surface area contributed by atoms with E-state index in [0.29, 0.717) is 6.54 Å². The highest BCUT2D eigenvalue weighted by Crippen LogP contribution is 2.29. The van der Waals surface area contributed by atoms with Crippen LogP contribution in [0.5, 0.6) is 0 Å². The molecule has 0 aromatic heterocycles. The average Bonchev–Trinajstić information content (AvgIpc) is 2.55. The van der Waals surface area contributed by atoms with Crippen molar-refractivity contribution in [3.05, 3.63) is 35.4 Å². The summed E-state index contributed by atoms with van der Waals surface area (Å²) < 4.78 is 0. The Morgan fingerprint density at radius 2 is 1.91 bits per heavy atom. The fourth-order valence-corrected chi connectivity index (χ4v) is 3.44. The zero-order valence-electron chi connectivity index (χ0n) is 13.2. The van der Waals surface area contributed by atoms with Crippen molar-refractivity contribution >= 4 is 5.91 Å². The molecule has 1 aromatic rings. The van der Waals surface area contributed by atoms with Crippen LogP contribution >= 0.6 is 0 Å². The number of hydrogen-bond donors (Lipinski definition) is 1. The molecule has 2 heterocycles. The SMILES string of the molecule is CN1CCN(C(=O)CN2CCc3ccccc3C2CO)CC1. The number of piperazine rings is 1. The maximum absolute atomic E-state index is 12.5. The Kier molecular flexibility index (Phi) is 4.76. The molecule has 1 saturated heterocycles. The summed E-state index contributed by atoms with van der Waals surface area (Å²) in [5.41, 5.74) is 2.47. The van der Waals surface area contributed by atoms with Crippen LogP contribution in [0.25, 0.3) is 0 Å². The molecule has 0 radical (unpaired) electrons. The lowest BCUT2D eigenvalue weighted by molar-refractivity contribution is -0.135. The summed E-state index contributed by atoms with van der Waals surface area (Å²) in [5.74, 6) is 0.186. The molecular formula is C17H25N3O2. The lowest BCUT2D eigenvalue weighted by Crippen LogP contribution is -2.51. The van der Waals surface area contributed by atoms with Crippen LogP contribution in [-0.2, 0) is 11.2 Å². The van der Waals surface area contributed by atoms with Gasteiger partial charge in [0, 0.05) is 32.7 Å². The molecule has 5 heteroatoms. The third kappa shape index (κ3) is 3.16. The normalized spacial score (nSPS) is 23.4. The first-order valence-corrected chi connectivity index (χ1v) is 8.08. The molecule has 1 aromatic carbocycles. The van der Waals surface area contributed by atoms with E-state index >= 15 is 0 Å². The number of carbonyl (C=O) groups is 1. The van der Waals surface area contributed by atoms with Crippen molar-refractivity contribution in [1.29, 1.82) is 0 Å². The molecule has 0 aliphatic carbocycles. The first-order valence-electron chi connectivity index (χ1n) is 8.08. The van der Waals surface area contributed by atoms with Crippen LogP contribution in [-0.4, -0.2) is 78.6 Å². The van der Waals surface area contributed by atoms with Gasteiger partial charge in [0.2, 0.25) is 5.91 Å². The van der Waals surface area contributed by atoms with Gasteiger partial charge in [0.05, 0.1) is 19.2 Å². The number of aliphatic hydroxyl groups excluding tert-OH is 1. The molecule has 1 N–H and O–H groups in total. The van der Waals surface area contributed by atoms with E-state index in [4.69, 9.17) is 0 Å². The van der Waals surface area contributed by atoms with E-state index < -0.39 is 0 Å². The highest BCUT2D eigenvalue weighted by Gasteiger charge is 2.29. The highest BCUT2D eigenvalue weighted by molar-refractivity contribution is 5.78. The largest absolute Gasteiger partial charge is 0.394 e. The van der Waals surface area contributed by atoms with Crippen molar-refractivity contribution < 1.29 is 9.90 Å². The fraction of sp³-hybridized carbons (Fsp3) is 0.588. The number of hydrogen-bond acceptors (Lipinski definition) is 4. The van der Waals surface area contributed by atoms with Gasteiger partial charge in [-0.2, -0.15) is 0 Å².